The zero-order valence-electron chi connectivity index (χ0n) is 12.1. The van der Waals surface area contributed by atoms with E-state index in [1.54, 1.807) is 17.5 Å². The van der Waals surface area contributed by atoms with Crippen molar-refractivity contribution in [3.63, 3.8) is 0 Å². The third-order valence-corrected chi connectivity index (χ3v) is 5.52. The lowest BCUT2D eigenvalue weighted by molar-refractivity contribution is 0.574. The van der Waals surface area contributed by atoms with E-state index < -0.39 is 10.0 Å². The molecule has 0 fully saturated rings. The molecule has 0 spiro atoms. The summed E-state index contributed by atoms with van der Waals surface area (Å²) in [6, 6.07) is 1.98. The van der Waals surface area contributed by atoms with Crippen molar-refractivity contribution < 1.29 is 8.42 Å². The Labute approximate surface area is 129 Å². The third-order valence-electron chi connectivity index (χ3n) is 3.08. The molecule has 0 saturated heterocycles. The van der Waals surface area contributed by atoms with Crippen molar-refractivity contribution in [3.05, 3.63) is 33.6 Å². The highest BCUT2D eigenvalue weighted by Crippen LogP contribution is 2.17. The highest BCUT2D eigenvalue weighted by Gasteiger charge is 2.20. The van der Waals surface area contributed by atoms with Gasteiger partial charge >= 0.3 is 0 Å². The van der Waals surface area contributed by atoms with Gasteiger partial charge in [-0.3, -0.25) is 5.10 Å². The van der Waals surface area contributed by atoms with Crippen LogP contribution in [0.15, 0.2) is 22.7 Å². The average molecular weight is 328 g/mol. The SMILES string of the molecule is CCCNCc1cn[nH]c1S(=O)(=O)NCc1sccc1C. The first-order chi connectivity index (χ1) is 10.0. The van der Waals surface area contributed by atoms with Gasteiger partial charge in [0.05, 0.1) is 6.20 Å². The molecule has 0 aromatic carbocycles. The Morgan fingerprint density at radius 3 is 2.86 bits per heavy atom. The van der Waals surface area contributed by atoms with Crippen LogP contribution in [0, 0.1) is 6.92 Å². The average Bonchev–Trinajstić information content (AvgIpc) is 3.06. The van der Waals surface area contributed by atoms with Crippen molar-refractivity contribution in [2.24, 2.45) is 0 Å². The predicted octanol–water partition coefficient (Wildman–Crippen LogP) is 1.76. The van der Waals surface area contributed by atoms with Gasteiger partial charge in [-0.15, -0.1) is 11.3 Å². The van der Waals surface area contributed by atoms with Crippen molar-refractivity contribution in [1.29, 1.82) is 0 Å². The fourth-order valence-corrected chi connectivity index (χ4v) is 3.93. The molecule has 6 nitrogen and oxygen atoms in total. The Hall–Kier alpha value is -1.22. The smallest absolute Gasteiger partial charge is 0.258 e. The van der Waals surface area contributed by atoms with E-state index >= 15 is 0 Å². The molecule has 0 aliphatic carbocycles. The quantitative estimate of drug-likeness (QED) is 0.644. The molecule has 0 aliphatic heterocycles. The molecule has 2 aromatic heterocycles. The molecule has 0 radical (unpaired) electrons. The van der Waals surface area contributed by atoms with E-state index in [0.29, 0.717) is 18.7 Å². The Morgan fingerprint density at radius 2 is 2.19 bits per heavy atom. The molecule has 0 aliphatic rings. The first-order valence-electron chi connectivity index (χ1n) is 6.80. The summed E-state index contributed by atoms with van der Waals surface area (Å²) in [6.45, 7) is 5.65. The molecule has 8 heteroatoms. The van der Waals surface area contributed by atoms with Crippen molar-refractivity contribution in [2.45, 2.75) is 38.4 Å². The molecule has 0 unspecified atom stereocenters. The van der Waals surface area contributed by atoms with Gasteiger partial charge in [0.15, 0.2) is 5.03 Å². The van der Waals surface area contributed by atoms with Crippen LogP contribution in [-0.2, 0) is 23.1 Å². The summed E-state index contributed by atoms with van der Waals surface area (Å²) in [7, 11) is -3.58. The van der Waals surface area contributed by atoms with E-state index in [0.717, 1.165) is 23.4 Å². The number of aromatic amines is 1. The van der Waals surface area contributed by atoms with Gasteiger partial charge in [0.25, 0.3) is 10.0 Å². The summed E-state index contributed by atoms with van der Waals surface area (Å²) >= 11 is 1.54. The Kier molecular flexibility index (Phi) is 5.51. The van der Waals surface area contributed by atoms with Gasteiger partial charge in [-0.1, -0.05) is 6.92 Å². The van der Waals surface area contributed by atoms with Crippen LogP contribution in [0.2, 0.25) is 0 Å². The molecule has 21 heavy (non-hydrogen) atoms. The molecular weight excluding hydrogens is 308 g/mol. The van der Waals surface area contributed by atoms with Gasteiger partial charge < -0.3 is 5.32 Å². The predicted molar refractivity (Wildman–Crippen MR) is 83.7 cm³/mol. The third kappa shape index (κ3) is 4.13. The lowest BCUT2D eigenvalue weighted by Crippen LogP contribution is -2.25. The second kappa shape index (κ2) is 7.17. The van der Waals surface area contributed by atoms with Gasteiger partial charge in [0.1, 0.15) is 0 Å². The second-order valence-electron chi connectivity index (χ2n) is 4.75. The molecule has 0 amide bonds. The van der Waals surface area contributed by atoms with Gasteiger partial charge in [0.2, 0.25) is 0 Å². The number of rotatable bonds is 8. The van der Waals surface area contributed by atoms with Gasteiger partial charge in [-0.2, -0.15) is 5.10 Å². The maximum absolute atomic E-state index is 12.3. The number of aryl methyl sites for hydroxylation is 1. The maximum atomic E-state index is 12.3. The molecule has 0 saturated carbocycles. The number of thiophene rings is 1. The molecule has 0 bridgehead atoms. The minimum Gasteiger partial charge on any atom is -0.313 e. The number of sulfonamides is 1. The first-order valence-corrected chi connectivity index (χ1v) is 9.16. The Morgan fingerprint density at radius 1 is 1.38 bits per heavy atom. The monoisotopic (exact) mass is 328 g/mol. The van der Waals surface area contributed by atoms with E-state index in [1.165, 1.54) is 0 Å². The summed E-state index contributed by atoms with van der Waals surface area (Å²) in [4.78, 5) is 1.02. The second-order valence-corrected chi connectivity index (χ2v) is 7.46. The van der Waals surface area contributed by atoms with E-state index in [-0.39, 0.29) is 5.03 Å². The number of H-pyrrole nitrogens is 1. The minimum atomic E-state index is -3.58. The number of nitrogens with zero attached hydrogens (tertiary/aromatic N) is 1. The minimum absolute atomic E-state index is 0.139. The molecule has 3 N–H and O–H groups in total. The highest BCUT2D eigenvalue weighted by atomic mass is 32.2. The van der Waals surface area contributed by atoms with Crippen LogP contribution < -0.4 is 10.0 Å². The van der Waals surface area contributed by atoms with Crippen LogP contribution in [0.1, 0.15) is 29.3 Å². The van der Waals surface area contributed by atoms with Crippen LogP contribution in [-0.4, -0.2) is 25.2 Å². The van der Waals surface area contributed by atoms with E-state index in [2.05, 4.69) is 27.2 Å². The largest absolute Gasteiger partial charge is 0.313 e. The standard InChI is InChI=1S/C13H20N4O2S2/c1-3-5-14-7-11-8-15-17-13(11)21(18,19)16-9-12-10(2)4-6-20-12/h4,6,8,14,16H,3,5,7,9H2,1-2H3,(H,15,17). The fourth-order valence-electron chi connectivity index (χ4n) is 1.88. The van der Waals surface area contributed by atoms with Crippen LogP contribution in [0.25, 0.3) is 0 Å². The first kappa shape index (κ1) is 16.2. The topological polar surface area (TPSA) is 86.9 Å². The van der Waals surface area contributed by atoms with Crippen molar-refractivity contribution in [3.8, 4) is 0 Å². The highest BCUT2D eigenvalue weighted by molar-refractivity contribution is 7.89. The van der Waals surface area contributed by atoms with Crippen molar-refractivity contribution in [1.82, 2.24) is 20.2 Å². The molecule has 116 valence electrons. The number of hydrogen-bond acceptors (Lipinski definition) is 5. The van der Waals surface area contributed by atoms with E-state index in [9.17, 15) is 8.42 Å². The Bertz CT molecular complexity index is 676. The van der Waals surface area contributed by atoms with Gasteiger partial charge in [-0.25, -0.2) is 13.1 Å². The zero-order chi connectivity index (χ0) is 15.3. The summed E-state index contributed by atoms with van der Waals surface area (Å²) in [5, 5.41) is 11.7. The van der Waals surface area contributed by atoms with E-state index in [4.69, 9.17) is 0 Å². The molecule has 0 atom stereocenters. The lowest BCUT2D eigenvalue weighted by atomic mass is 10.3. The maximum Gasteiger partial charge on any atom is 0.258 e. The van der Waals surface area contributed by atoms with E-state index in [1.807, 2.05) is 18.4 Å². The van der Waals surface area contributed by atoms with Crippen LogP contribution in [0.3, 0.4) is 0 Å². The summed E-state index contributed by atoms with van der Waals surface area (Å²) in [6.07, 6.45) is 2.55. The van der Waals surface area contributed by atoms with Crippen molar-refractivity contribution in [2.75, 3.05) is 6.54 Å². The number of nitrogens with one attached hydrogen (secondary N) is 3. The summed E-state index contributed by atoms with van der Waals surface area (Å²) < 4.78 is 27.3. The molecule has 2 rings (SSSR count). The Balaban J connectivity index is 2.05. The molecule has 2 heterocycles. The van der Waals surface area contributed by atoms with Crippen LogP contribution >= 0.6 is 11.3 Å². The summed E-state index contributed by atoms with van der Waals surface area (Å²) in [5.41, 5.74) is 1.75. The summed E-state index contributed by atoms with van der Waals surface area (Å²) in [5.74, 6) is 0. The lowest BCUT2D eigenvalue weighted by Gasteiger charge is -2.07. The van der Waals surface area contributed by atoms with Gasteiger partial charge in [0, 0.05) is 23.5 Å². The normalized spacial score (nSPS) is 11.9. The van der Waals surface area contributed by atoms with Crippen LogP contribution in [0.4, 0.5) is 0 Å². The van der Waals surface area contributed by atoms with Gasteiger partial charge in [-0.05, 0) is 36.9 Å². The number of hydrogen-bond donors (Lipinski definition) is 3. The molecule has 2 aromatic rings. The zero-order valence-corrected chi connectivity index (χ0v) is 13.8. The molecular formula is C13H20N4O2S2. The van der Waals surface area contributed by atoms with Crippen molar-refractivity contribution >= 4 is 21.4 Å². The number of aromatic nitrogens is 2. The van der Waals surface area contributed by atoms with Crippen LogP contribution in [0.5, 0.6) is 0 Å². The fraction of sp³-hybridized carbons (Fsp3) is 0.462.